The van der Waals surface area contributed by atoms with Gasteiger partial charge >= 0.3 is 0 Å². The molecule has 0 N–H and O–H groups in total. The zero-order chi connectivity index (χ0) is 21.8. The molecule has 3 rings (SSSR count). The van der Waals surface area contributed by atoms with Crippen molar-refractivity contribution in [3.05, 3.63) is 59.7 Å². The second kappa shape index (κ2) is 9.20. The Balaban J connectivity index is 1.90. The van der Waals surface area contributed by atoms with E-state index in [1.807, 2.05) is 45.2 Å². The first-order valence-corrected chi connectivity index (χ1v) is 10.2. The monoisotopic (exact) mass is 410 g/mol. The van der Waals surface area contributed by atoms with E-state index in [0.29, 0.717) is 24.4 Å². The van der Waals surface area contributed by atoms with Crippen molar-refractivity contribution in [3.8, 4) is 11.5 Å². The Bertz CT molecular complexity index is 894. The minimum atomic E-state index is -0.299. The summed E-state index contributed by atoms with van der Waals surface area (Å²) in [7, 11) is 5.05. The van der Waals surface area contributed by atoms with Gasteiger partial charge in [-0.1, -0.05) is 12.1 Å². The quantitative estimate of drug-likeness (QED) is 0.732. The molecule has 1 aliphatic heterocycles. The molecular weight excluding hydrogens is 380 g/mol. The Hall–Kier alpha value is -3.02. The third-order valence-electron chi connectivity index (χ3n) is 5.91. The number of carbonyl (C=O) groups is 2. The Morgan fingerprint density at radius 2 is 1.67 bits per heavy atom. The molecule has 0 spiro atoms. The van der Waals surface area contributed by atoms with Crippen molar-refractivity contribution in [2.45, 2.75) is 25.8 Å². The number of amides is 2. The summed E-state index contributed by atoms with van der Waals surface area (Å²) in [6.45, 7) is 4.87. The van der Waals surface area contributed by atoms with E-state index in [1.165, 1.54) is 0 Å². The summed E-state index contributed by atoms with van der Waals surface area (Å²) >= 11 is 0. The van der Waals surface area contributed by atoms with Crippen LogP contribution in [0.15, 0.2) is 48.5 Å². The van der Waals surface area contributed by atoms with Crippen LogP contribution in [0, 0.1) is 5.92 Å². The highest BCUT2D eigenvalue weighted by Crippen LogP contribution is 2.36. The highest BCUT2D eigenvalue weighted by atomic mass is 16.5. The topological polar surface area (TPSA) is 59.1 Å². The second-order valence-corrected chi connectivity index (χ2v) is 7.97. The number of nitrogens with zero attached hydrogens (tertiary/aromatic N) is 2. The summed E-state index contributed by atoms with van der Waals surface area (Å²) in [5, 5.41) is 0. The van der Waals surface area contributed by atoms with Gasteiger partial charge in [0, 0.05) is 37.7 Å². The van der Waals surface area contributed by atoms with Crippen LogP contribution in [0.5, 0.6) is 11.5 Å². The summed E-state index contributed by atoms with van der Waals surface area (Å²) in [5.74, 6) is 1.04. The molecule has 6 heteroatoms. The SMILES string of the molecule is COc1ccc(C(=O)N2CC(C(=O)N(C)C(C)C)C(c3cccc(OC)c3)C2)cc1. The maximum atomic E-state index is 13.3. The standard InChI is InChI=1S/C24H30N2O4/c1-16(2)25(3)24(28)22-15-26(23(27)17-9-11-19(29-4)12-10-17)14-21(22)18-7-6-8-20(13-18)30-5/h6-13,16,21-22H,14-15H2,1-5H3. The van der Waals surface area contributed by atoms with E-state index < -0.39 is 0 Å². The third kappa shape index (κ3) is 4.42. The smallest absolute Gasteiger partial charge is 0.253 e. The molecule has 30 heavy (non-hydrogen) atoms. The Kier molecular flexibility index (Phi) is 6.65. The van der Waals surface area contributed by atoms with Gasteiger partial charge in [-0.25, -0.2) is 0 Å². The summed E-state index contributed by atoms with van der Waals surface area (Å²) in [4.78, 5) is 30.0. The number of likely N-dealkylation sites (tertiary alicyclic amines) is 1. The molecule has 2 amide bonds. The molecule has 0 radical (unpaired) electrons. The van der Waals surface area contributed by atoms with Crippen LogP contribution >= 0.6 is 0 Å². The van der Waals surface area contributed by atoms with Crippen LogP contribution in [0.2, 0.25) is 0 Å². The van der Waals surface area contributed by atoms with Crippen molar-refractivity contribution in [1.82, 2.24) is 9.80 Å². The van der Waals surface area contributed by atoms with E-state index in [1.54, 1.807) is 48.3 Å². The van der Waals surface area contributed by atoms with E-state index >= 15 is 0 Å². The van der Waals surface area contributed by atoms with Gasteiger partial charge in [0.1, 0.15) is 11.5 Å². The van der Waals surface area contributed by atoms with Gasteiger partial charge < -0.3 is 19.3 Å². The van der Waals surface area contributed by atoms with E-state index in [9.17, 15) is 9.59 Å². The number of hydrogen-bond donors (Lipinski definition) is 0. The van der Waals surface area contributed by atoms with E-state index in [0.717, 1.165) is 11.3 Å². The average Bonchev–Trinajstić information content (AvgIpc) is 3.23. The van der Waals surface area contributed by atoms with Crippen molar-refractivity contribution in [2.24, 2.45) is 5.92 Å². The van der Waals surface area contributed by atoms with Gasteiger partial charge in [-0.05, 0) is 55.8 Å². The number of hydrogen-bond acceptors (Lipinski definition) is 4. The predicted molar refractivity (Wildman–Crippen MR) is 116 cm³/mol. The number of rotatable bonds is 6. The molecule has 0 aromatic heterocycles. The number of methoxy groups -OCH3 is 2. The molecule has 0 aliphatic carbocycles. The average molecular weight is 411 g/mol. The zero-order valence-corrected chi connectivity index (χ0v) is 18.3. The van der Waals surface area contributed by atoms with E-state index in [4.69, 9.17) is 9.47 Å². The van der Waals surface area contributed by atoms with Gasteiger partial charge in [-0.3, -0.25) is 9.59 Å². The first-order valence-electron chi connectivity index (χ1n) is 10.2. The van der Waals surface area contributed by atoms with Gasteiger partial charge in [0.05, 0.1) is 20.1 Å². The third-order valence-corrected chi connectivity index (χ3v) is 5.91. The molecule has 1 fully saturated rings. The van der Waals surface area contributed by atoms with Gasteiger partial charge in [-0.2, -0.15) is 0 Å². The molecule has 2 aromatic carbocycles. The largest absolute Gasteiger partial charge is 0.497 e. The van der Waals surface area contributed by atoms with E-state index in [2.05, 4.69) is 0 Å². The molecule has 1 aliphatic rings. The number of benzene rings is 2. The van der Waals surface area contributed by atoms with Crippen molar-refractivity contribution in [3.63, 3.8) is 0 Å². The second-order valence-electron chi connectivity index (χ2n) is 7.97. The van der Waals surface area contributed by atoms with Crippen molar-refractivity contribution < 1.29 is 19.1 Å². The summed E-state index contributed by atoms with van der Waals surface area (Å²) in [6, 6.07) is 14.9. The number of ether oxygens (including phenoxy) is 2. The minimum Gasteiger partial charge on any atom is -0.497 e. The van der Waals surface area contributed by atoms with Crippen molar-refractivity contribution >= 4 is 11.8 Å². The Labute approximate surface area is 178 Å². The first kappa shape index (κ1) is 21.7. The lowest BCUT2D eigenvalue weighted by Crippen LogP contribution is -2.40. The maximum absolute atomic E-state index is 13.3. The van der Waals surface area contributed by atoms with Crippen LogP contribution in [0.1, 0.15) is 35.7 Å². The molecule has 2 atom stereocenters. The Morgan fingerprint density at radius 1 is 1.00 bits per heavy atom. The van der Waals surface area contributed by atoms with Gasteiger partial charge in [0.15, 0.2) is 0 Å². The fourth-order valence-corrected chi connectivity index (χ4v) is 3.86. The van der Waals surface area contributed by atoms with Gasteiger partial charge in [0.25, 0.3) is 5.91 Å². The van der Waals surface area contributed by atoms with E-state index in [-0.39, 0.29) is 29.7 Å². The summed E-state index contributed by atoms with van der Waals surface area (Å²) in [6.07, 6.45) is 0. The molecule has 0 saturated carbocycles. The minimum absolute atomic E-state index is 0.0582. The molecule has 160 valence electrons. The Morgan fingerprint density at radius 3 is 2.27 bits per heavy atom. The zero-order valence-electron chi connectivity index (χ0n) is 18.3. The van der Waals surface area contributed by atoms with Crippen LogP contribution in [-0.2, 0) is 4.79 Å². The normalized spacial score (nSPS) is 18.4. The van der Waals surface area contributed by atoms with Gasteiger partial charge in [-0.15, -0.1) is 0 Å². The lowest BCUT2D eigenvalue weighted by Gasteiger charge is -2.27. The maximum Gasteiger partial charge on any atom is 0.253 e. The first-order chi connectivity index (χ1) is 14.3. The highest BCUT2D eigenvalue weighted by molar-refractivity contribution is 5.95. The molecule has 6 nitrogen and oxygen atoms in total. The molecule has 1 heterocycles. The van der Waals surface area contributed by atoms with Crippen molar-refractivity contribution in [1.29, 1.82) is 0 Å². The molecule has 2 unspecified atom stereocenters. The molecular formula is C24H30N2O4. The molecule has 0 bridgehead atoms. The number of carbonyl (C=O) groups excluding carboxylic acids is 2. The summed E-state index contributed by atoms with van der Waals surface area (Å²) in [5.41, 5.74) is 1.60. The van der Waals surface area contributed by atoms with Crippen LogP contribution in [-0.4, -0.2) is 62.0 Å². The fraction of sp³-hybridized carbons (Fsp3) is 0.417. The fourth-order valence-electron chi connectivity index (χ4n) is 3.86. The van der Waals surface area contributed by atoms with Crippen LogP contribution in [0.25, 0.3) is 0 Å². The summed E-state index contributed by atoms with van der Waals surface area (Å²) < 4.78 is 10.6. The lowest BCUT2D eigenvalue weighted by atomic mass is 9.87. The predicted octanol–water partition coefficient (Wildman–Crippen LogP) is 3.43. The van der Waals surface area contributed by atoms with Crippen LogP contribution < -0.4 is 9.47 Å². The lowest BCUT2D eigenvalue weighted by molar-refractivity contribution is -0.135. The molecule has 2 aromatic rings. The van der Waals surface area contributed by atoms with Crippen molar-refractivity contribution in [2.75, 3.05) is 34.4 Å². The van der Waals surface area contributed by atoms with Crippen LogP contribution in [0.4, 0.5) is 0 Å². The molecule has 1 saturated heterocycles. The van der Waals surface area contributed by atoms with Crippen LogP contribution in [0.3, 0.4) is 0 Å². The highest BCUT2D eigenvalue weighted by Gasteiger charge is 2.42. The van der Waals surface area contributed by atoms with Gasteiger partial charge in [0.2, 0.25) is 5.91 Å².